The van der Waals surface area contributed by atoms with Gasteiger partial charge in [0, 0.05) is 22.3 Å². The first-order valence-electron chi connectivity index (χ1n) is 14.6. The molecule has 230 valence electrons. The number of Topliss-reactive ketones (excluding diaryl/α,β-unsaturated/α-hetero) is 4. The quantitative estimate of drug-likeness (QED) is 0.163. The van der Waals surface area contributed by atoms with Gasteiger partial charge in [-0.15, -0.1) is 0 Å². The van der Waals surface area contributed by atoms with E-state index < -0.39 is 70.8 Å². The van der Waals surface area contributed by atoms with Crippen LogP contribution in [0.3, 0.4) is 0 Å². The summed E-state index contributed by atoms with van der Waals surface area (Å²) < 4.78 is 5.74. The van der Waals surface area contributed by atoms with Crippen LogP contribution < -0.4 is 9.80 Å². The lowest BCUT2D eigenvalue weighted by Crippen LogP contribution is -2.37. The Balaban J connectivity index is 1.08. The summed E-state index contributed by atoms with van der Waals surface area (Å²) in [5.41, 5.74) is 0.774. The monoisotopic (exact) mass is 626 g/mol. The van der Waals surface area contributed by atoms with Gasteiger partial charge < -0.3 is 4.74 Å². The predicted molar refractivity (Wildman–Crippen MR) is 164 cm³/mol. The van der Waals surface area contributed by atoms with Gasteiger partial charge in [-0.3, -0.25) is 38.4 Å². The molecule has 3 aliphatic heterocycles. The summed E-state index contributed by atoms with van der Waals surface area (Å²) in [6.07, 6.45) is -2.73. The van der Waals surface area contributed by atoms with E-state index in [-0.39, 0.29) is 33.6 Å². The van der Waals surface area contributed by atoms with Crippen molar-refractivity contribution in [3.63, 3.8) is 0 Å². The molecule has 4 aromatic carbocycles. The number of hydrogen-bond donors (Lipinski definition) is 0. The maximum absolute atomic E-state index is 13.6. The first kappa shape index (κ1) is 29.5. The molecular weight excluding hydrogens is 604 g/mol. The van der Waals surface area contributed by atoms with Crippen LogP contribution in [-0.4, -0.2) is 59.0 Å². The summed E-state index contributed by atoms with van der Waals surface area (Å²) in [6.45, 7) is 0. The van der Waals surface area contributed by atoms with Gasteiger partial charge in [0.15, 0.2) is 12.2 Å². The van der Waals surface area contributed by atoms with E-state index in [2.05, 4.69) is 0 Å². The van der Waals surface area contributed by atoms with Crippen molar-refractivity contribution in [1.29, 1.82) is 0 Å². The van der Waals surface area contributed by atoms with Crippen LogP contribution in [-0.2, 0) is 23.9 Å². The summed E-state index contributed by atoms with van der Waals surface area (Å²) in [6, 6.07) is 26.7. The van der Waals surface area contributed by atoms with E-state index in [1.165, 1.54) is 72.8 Å². The van der Waals surface area contributed by atoms with Crippen LogP contribution in [0, 0.1) is 11.8 Å². The number of ether oxygens (including phenoxy) is 1. The second-order valence-electron chi connectivity index (χ2n) is 11.2. The zero-order valence-corrected chi connectivity index (χ0v) is 24.3. The number of carbonyl (C=O) groups is 8. The molecule has 3 fully saturated rings. The topological polar surface area (TPSA) is 152 Å². The number of imide groups is 2. The fourth-order valence-electron chi connectivity index (χ4n) is 6.20. The lowest BCUT2D eigenvalue weighted by molar-refractivity contribution is -0.134. The van der Waals surface area contributed by atoms with Gasteiger partial charge >= 0.3 is 0 Å². The van der Waals surface area contributed by atoms with Crippen LogP contribution in [0.25, 0.3) is 0 Å². The van der Waals surface area contributed by atoms with Crippen molar-refractivity contribution in [2.75, 3.05) is 9.80 Å². The minimum Gasteiger partial charge on any atom is -0.354 e. The van der Waals surface area contributed by atoms with E-state index >= 15 is 0 Å². The van der Waals surface area contributed by atoms with Crippen LogP contribution >= 0.6 is 0 Å². The Morgan fingerprint density at radius 2 is 0.702 bits per heavy atom. The molecule has 3 aliphatic rings. The molecule has 11 nitrogen and oxygen atoms in total. The third-order valence-corrected chi connectivity index (χ3v) is 8.53. The lowest BCUT2D eigenvalue weighted by Gasteiger charge is -2.18. The van der Waals surface area contributed by atoms with Crippen molar-refractivity contribution in [2.45, 2.75) is 12.2 Å². The average Bonchev–Trinajstić information content (AvgIpc) is 3.71. The first-order chi connectivity index (χ1) is 22.7. The molecule has 4 amide bonds. The van der Waals surface area contributed by atoms with E-state index in [4.69, 9.17) is 4.74 Å². The number of carbonyl (C=O) groups excluding carboxylic acids is 8. The van der Waals surface area contributed by atoms with Gasteiger partial charge in [-0.05, 0) is 48.5 Å². The van der Waals surface area contributed by atoms with Crippen LogP contribution in [0.4, 0.5) is 11.4 Å². The second-order valence-corrected chi connectivity index (χ2v) is 11.2. The molecule has 0 N–H and O–H groups in total. The molecule has 0 spiro atoms. The van der Waals surface area contributed by atoms with Gasteiger partial charge in [0.1, 0.15) is 0 Å². The Morgan fingerprint density at radius 1 is 0.404 bits per heavy atom. The number of benzene rings is 4. The van der Waals surface area contributed by atoms with Crippen LogP contribution in [0.1, 0.15) is 41.4 Å². The minimum atomic E-state index is -1.36. The molecule has 11 heteroatoms. The Bertz CT molecular complexity index is 1880. The minimum absolute atomic E-state index is 0.0579. The number of nitrogens with zero attached hydrogens (tertiary/aromatic N) is 2. The van der Waals surface area contributed by atoms with Gasteiger partial charge in [0.05, 0.1) is 23.2 Å². The van der Waals surface area contributed by atoms with E-state index in [0.717, 1.165) is 9.80 Å². The zero-order valence-electron chi connectivity index (χ0n) is 24.3. The van der Waals surface area contributed by atoms with Crippen LogP contribution in [0.2, 0.25) is 0 Å². The van der Waals surface area contributed by atoms with Gasteiger partial charge in [-0.25, -0.2) is 9.80 Å². The van der Waals surface area contributed by atoms with Crippen molar-refractivity contribution in [3.05, 3.63) is 131 Å². The van der Waals surface area contributed by atoms with E-state index in [1.54, 1.807) is 36.4 Å². The molecule has 0 radical (unpaired) electrons. The Morgan fingerprint density at radius 3 is 1.02 bits per heavy atom. The van der Waals surface area contributed by atoms with Gasteiger partial charge in [-0.2, -0.15) is 0 Å². The van der Waals surface area contributed by atoms with Gasteiger partial charge in [0.2, 0.25) is 34.9 Å². The molecule has 47 heavy (non-hydrogen) atoms. The highest BCUT2D eigenvalue weighted by Crippen LogP contribution is 2.46. The average molecular weight is 627 g/mol. The van der Waals surface area contributed by atoms with Crippen molar-refractivity contribution < 1.29 is 43.1 Å². The fourth-order valence-corrected chi connectivity index (χ4v) is 6.20. The Labute approximate surface area is 266 Å². The summed E-state index contributed by atoms with van der Waals surface area (Å²) in [5, 5.41) is 0. The van der Waals surface area contributed by atoms with Crippen LogP contribution in [0.15, 0.2) is 109 Å². The molecule has 0 aromatic heterocycles. The molecule has 0 saturated carbocycles. The maximum atomic E-state index is 13.6. The van der Waals surface area contributed by atoms with Crippen molar-refractivity contribution in [1.82, 2.24) is 0 Å². The standard InChI is InChI=1S/C36H22N2O9/c39-27(19-7-3-1-4-8-19)29(41)21-11-15-23(16-12-21)37-33(43)25-26-32(47-31(25)35(37)45)36(46)38(34(26)44)24-17-13-22(14-18-24)30(42)28(40)20-9-5-2-6-10-20/h1-18,25-26,31-32H. The number of hydrogen-bond acceptors (Lipinski definition) is 9. The molecule has 0 bridgehead atoms. The lowest BCUT2D eigenvalue weighted by atomic mass is 9.89. The second kappa shape index (κ2) is 11.3. The van der Waals surface area contributed by atoms with Crippen molar-refractivity contribution >= 4 is 58.1 Å². The number of fused-ring (bicyclic) bond motifs is 3. The summed E-state index contributed by atoms with van der Waals surface area (Å²) >= 11 is 0. The molecular formula is C36H22N2O9. The summed E-state index contributed by atoms with van der Waals surface area (Å²) in [4.78, 5) is 106. The molecule has 3 heterocycles. The fraction of sp³-hybridized carbons (Fsp3) is 0.111. The third kappa shape index (κ3) is 4.72. The normalized spacial score (nSPS) is 21.5. The molecule has 7 rings (SSSR count). The highest BCUT2D eigenvalue weighted by molar-refractivity contribution is 6.49. The Kier molecular flexibility index (Phi) is 7.10. The molecule has 0 aliphatic carbocycles. The highest BCUT2D eigenvalue weighted by atomic mass is 16.5. The summed E-state index contributed by atoms with van der Waals surface area (Å²) in [5.74, 6) is -8.48. The number of amides is 4. The highest BCUT2D eigenvalue weighted by Gasteiger charge is 2.68. The van der Waals surface area contributed by atoms with Gasteiger partial charge in [0.25, 0.3) is 11.8 Å². The first-order valence-corrected chi connectivity index (χ1v) is 14.6. The van der Waals surface area contributed by atoms with Crippen molar-refractivity contribution in [2.24, 2.45) is 11.8 Å². The Hall–Kier alpha value is -6.20. The van der Waals surface area contributed by atoms with Crippen molar-refractivity contribution in [3.8, 4) is 0 Å². The number of ketones is 4. The van der Waals surface area contributed by atoms with Crippen LogP contribution in [0.5, 0.6) is 0 Å². The maximum Gasteiger partial charge on any atom is 0.263 e. The zero-order chi connectivity index (χ0) is 33.0. The number of anilines is 2. The van der Waals surface area contributed by atoms with E-state index in [9.17, 15) is 38.4 Å². The third-order valence-electron chi connectivity index (χ3n) is 8.53. The van der Waals surface area contributed by atoms with Gasteiger partial charge in [-0.1, -0.05) is 60.7 Å². The molecule has 4 aromatic rings. The SMILES string of the molecule is O=C(C(=O)c1ccc(N2C(=O)C3OC4C(=O)N(c5ccc(C(=O)C(=O)c6ccccc6)cc5)C(=O)C4C3C2=O)cc1)c1ccccc1. The predicted octanol–water partition coefficient (Wildman–Crippen LogP) is 3.26. The molecule has 3 saturated heterocycles. The number of rotatable bonds is 8. The smallest absolute Gasteiger partial charge is 0.263 e. The van der Waals surface area contributed by atoms with E-state index in [1.807, 2.05) is 0 Å². The largest absolute Gasteiger partial charge is 0.354 e. The summed E-state index contributed by atoms with van der Waals surface area (Å²) in [7, 11) is 0. The van der Waals surface area contributed by atoms with E-state index in [0.29, 0.717) is 0 Å². The molecule has 4 unspecified atom stereocenters. The molecule has 4 atom stereocenters.